The molecule has 2 aromatic rings. The summed E-state index contributed by atoms with van der Waals surface area (Å²) in [5.74, 6) is -0.139. The van der Waals surface area contributed by atoms with Crippen LogP contribution in [0.2, 0.25) is 0 Å². The Morgan fingerprint density at radius 1 is 1.19 bits per heavy atom. The number of amides is 1. The van der Waals surface area contributed by atoms with E-state index in [9.17, 15) is 9.59 Å². The predicted octanol–water partition coefficient (Wildman–Crippen LogP) is 4.53. The fourth-order valence-electron chi connectivity index (χ4n) is 3.45. The van der Waals surface area contributed by atoms with Gasteiger partial charge in [-0.25, -0.2) is 0 Å². The van der Waals surface area contributed by atoms with Crippen LogP contribution in [-0.4, -0.2) is 24.3 Å². The molecule has 1 aliphatic heterocycles. The molecule has 2 aromatic carbocycles. The van der Waals surface area contributed by atoms with E-state index in [1.165, 1.54) is 5.56 Å². The number of aryl methyl sites for hydroxylation is 1. The minimum Gasteiger partial charge on any atom is -0.310 e. The first-order valence-electron chi connectivity index (χ1n) is 8.58. The summed E-state index contributed by atoms with van der Waals surface area (Å²) in [5.41, 5.74) is 13.0. The van der Waals surface area contributed by atoms with Gasteiger partial charge in [-0.2, -0.15) is 0 Å². The third-order valence-corrected chi connectivity index (χ3v) is 4.77. The van der Waals surface area contributed by atoms with Crippen LogP contribution in [0.1, 0.15) is 36.2 Å². The monoisotopic (exact) mass is 348 g/mol. The average molecular weight is 348 g/mol. The van der Waals surface area contributed by atoms with Crippen molar-refractivity contribution in [3.05, 3.63) is 64.0 Å². The van der Waals surface area contributed by atoms with Gasteiger partial charge in [-0.3, -0.25) is 9.59 Å². The van der Waals surface area contributed by atoms with Gasteiger partial charge in [0.15, 0.2) is 5.78 Å². The summed E-state index contributed by atoms with van der Waals surface area (Å²) in [4.78, 5) is 28.3. The lowest BCUT2D eigenvalue weighted by Gasteiger charge is -2.34. The number of benzene rings is 2. The molecule has 6 nitrogen and oxygen atoms in total. The summed E-state index contributed by atoms with van der Waals surface area (Å²) < 4.78 is 0. The van der Waals surface area contributed by atoms with E-state index < -0.39 is 0 Å². The van der Waals surface area contributed by atoms with Crippen LogP contribution < -0.4 is 4.90 Å². The van der Waals surface area contributed by atoms with Gasteiger partial charge in [0.25, 0.3) is 0 Å². The van der Waals surface area contributed by atoms with Crippen molar-refractivity contribution in [2.24, 2.45) is 5.11 Å². The maximum Gasteiger partial charge on any atom is 0.224 e. The summed E-state index contributed by atoms with van der Waals surface area (Å²) in [7, 11) is 0. The number of anilines is 1. The average Bonchev–Trinajstić information content (AvgIpc) is 2.65. The highest BCUT2D eigenvalue weighted by molar-refractivity contribution is 5.98. The molecule has 132 valence electrons. The van der Waals surface area contributed by atoms with E-state index >= 15 is 0 Å². The van der Waals surface area contributed by atoms with E-state index in [1.54, 1.807) is 19.1 Å². The first kappa shape index (κ1) is 17.7. The summed E-state index contributed by atoms with van der Waals surface area (Å²) >= 11 is 0. The van der Waals surface area contributed by atoms with Gasteiger partial charge < -0.3 is 4.90 Å². The largest absolute Gasteiger partial charge is 0.310 e. The highest BCUT2D eigenvalue weighted by atomic mass is 16.2. The Bertz CT molecular complexity index is 899. The van der Waals surface area contributed by atoms with Gasteiger partial charge in [-0.05, 0) is 54.1 Å². The number of rotatable bonds is 4. The fraction of sp³-hybridized carbons (Fsp3) is 0.300. The molecule has 3 rings (SSSR count). The first-order valence-corrected chi connectivity index (χ1v) is 8.58. The number of carbonyl (C=O) groups is 2. The highest BCUT2D eigenvalue weighted by Gasteiger charge is 2.26. The van der Waals surface area contributed by atoms with E-state index in [-0.39, 0.29) is 24.3 Å². The van der Waals surface area contributed by atoms with Crippen molar-refractivity contribution in [2.75, 3.05) is 11.4 Å². The van der Waals surface area contributed by atoms with E-state index in [1.807, 2.05) is 29.2 Å². The summed E-state index contributed by atoms with van der Waals surface area (Å²) in [6.45, 7) is 3.50. The SMILES string of the molecule is CC(=O)N1c2ccc(-c3ccc(C(=O)CN=[N+]=[N-])cc3)cc2CCC1C. The molecule has 6 heteroatoms. The Morgan fingerprint density at radius 2 is 1.88 bits per heavy atom. The van der Waals surface area contributed by atoms with Crippen LogP contribution in [0.5, 0.6) is 0 Å². The van der Waals surface area contributed by atoms with Crippen LogP contribution >= 0.6 is 0 Å². The van der Waals surface area contributed by atoms with Crippen LogP contribution in [-0.2, 0) is 11.2 Å². The molecule has 26 heavy (non-hydrogen) atoms. The van der Waals surface area contributed by atoms with Gasteiger partial charge in [0.1, 0.15) is 0 Å². The molecular formula is C20H20N4O2. The highest BCUT2D eigenvalue weighted by Crippen LogP contribution is 2.34. The van der Waals surface area contributed by atoms with Crippen molar-refractivity contribution in [1.29, 1.82) is 0 Å². The maximum absolute atomic E-state index is 12.0. The number of Topliss-reactive ketones (excluding diaryl/α,β-unsaturated/α-hetero) is 1. The third-order valence-electron chi connectivity index (χ3n) is 4.77. The molecule has 1 unspecified atom stereocenters. The summed E-state index contributed by atoms with van der Waals surface area (Å²) in [5, 5.41) is 3.30. The van der Waals surface area contributed by atoms with E-state index in [0.29, 0.717) is 5.56 Å². The Hall–Kier alpha value is -3.11. The summed E-state index contributed by atoms with van der Waals surface area (Å²) in [6, 6.07) is 13.6. The second-order valence-electron chi connectivity index (χ2n) is 6.51. The van der Waals surface area contributed by atoms with Gasteiger partial charge in [0.05, 0.1) is 6.54 Å². The minimum absolute atomic E-state index is 0.0640. The topological polar surface area (TPSA) is 86.1 Å². The number of hydrogen-bond donors (Lipinski definition) is 0. The fourth-order valence-corrected chi connectivity index (χ4v) is 3.45. The number of ketones is 1. The molecule has 0 fully saturated rings. The van der Waals surface area contributed by atoms with Crippen LogP contribution in [0.25, 0.3) is 21.6 Å². The van der Waals surface area contributed by atoms with Gasteiger partial charge in [-0.1, -0.05) is 35.4 Å². The quantitative estimate of drug-likeness (QED) is 0.352. The van der Waals surface area contributed by atoms with Crippen molar-refractivity contribution in [2.45, 2.75) is 32.7 Å². The second-order valence-corrected chi connectivity index (χ2v) is 6.51. The van der Waals surface area contributed by atoms with Gasteiger partial charge in [0, 0.05) is 29.1 Å². The zero-order chi connectivity index (χ0) is 18.7. The lowest BCUT2D eigenvalue weighted by Crippen LogP contribution is -2.40. The number of azide groups is 1. The van der Waals surface area contributed by atoms with Crippen LogP contribution in [0.3, 0.4) is 0 Å². The Kier molecular flexibility index (Phi) is 5.05. The van der Waals surface area contributed by atoms with Crippen molar-refractivity contribution >= 4 is 17.4 Å². The molecule has 0 saturated heterocycles. The molecule has 0 saturated carbocycles. The molecule has 0 bridgehead atoms. The zero-order valence-corrected chi connectivity index (χ0v) is 14.8. The van der Waals surface area contributed by atoms with E-state index in [0.717, 1.165) is 29.7 Å². The van der Waals surface area contributed by atoms with Gasteiger partial charge in [-0.15, -0.1) is 0 Å². The lowest BCUT2D eigenvalue weighted by atomic mass is 9.92. The van der Waals surface area contributed by atoms with Gasteiger partial charge >= 0.3 is 0 Å². The molecule has 0 aliphatic carbocycles. The van der Waals surface area contributed by atoms with Crippen molar-refractivity contribution in [1.82, 2.24) is 0 Å². The molecular weight excluding hydrogens is 328 g/mol. The molecule has 0 aromatic heterocycles. The van der Waals surface area contributed by atoms with Crippen molar-refractivity contribution < 1.29 is 9.59 Å². The molecule has 0 N–H and O–H groups in total. The van der Waals surface area contributed by atoms with Crippen LogP contribution in [0.15, 0.2) is 47.6 Å². The maximum atomic E-state index is 12.0. The van der Waals surface area contributed by atoms with Crippen molar-refractivity contribution in [3.63, 3.8) is 0 Å². The molecule has 1 heterocycles. The summed E-state index contributed by atoms with van der Waals surface area (Å²) in [6.07, 6.45) is 1.89. The normalized spacial score (nSPS) is 15.8. The molecule has 0 radical (unpaired) electrons. The molecule has 1 amide bonds. The smallest absolute Gasteiger partial charge is 0.224 e. The van der Waals surface area contributed by atoms with E-state index in [4.69, 9.17) is 5.53 Å². The Morgan fingerprint density at radius 3 is 2.54 bits per heavy atom. The number of carbonyl (C=O) groups excluding carboxylic acids is 2. The zero-order valence-electron chi connectivity index (χ0n) is 14.8. The van der Waals surface area contributed by atoms with Crippen LogP contribution in [0.4, 0.5) is 5.69 Å². The number of hydrogen-bond acceptors (Lipinski definition) is 3. The van der Waals surface area contributed by atoms with E-state index in [2.05, 4.69) is 23.0 Å². The minimum atomic E-state index is -0.203. The van der Waals surface area contributed by atoms with Crippen LogP contribution in [0, 0.1) is 0 Å². The first-order chi connectivity index (χ1) is 12.5. The Balaban J connectivity index is 1.88. The lowest BCUT2D eigenvalue weighted by molar-refractivity contribution is -0.117. The van der Waals surface area contributed by atoms with Gasteiger partial charge in [0.2, 0.25) is 5.91 Å². The third kappa shape index (κ3) is 3.46. The van der Waals surface area contributed by atoms with Crippen molar-refractivity contribution in [3.8, 4) is 11.1 Å². The number of fused-ring (bicyclic) bond motifs is 1. The second kappa shape index (κ2) is 7.42. The molecule has 1 aliphatic rings. The predicted molar refractivity (Wildman–Crippen MR) is 101 cm³/mol. The molecule has 0 spiro atoms. The standard InChI is InChI=1S/C20H20N4O2/c1-13-3-4-18-11-17(9-10-19(18)24(13)14(2)25)15-5-7-16(8-6-15)20(26)12-22-23-21/h5-11,13H,3-4,12H2,1-2H3. The Labute approximate surface area is 152 Å². The number of nitrogens with zero attached hydrogens (tertiary/aromatic N) is 4. The molecule has 1 atom stereocenters.